The third kappa shape index (κ3) is 22.1. The lowest BCUT2D eigenvalue weighted by Crippen LogP contribution is -2.38. The predicted octanol–water partition coefficient (Wildman–Crippen LogP) is 10.3. The number of hydrogen-bond acceptors (Lipinski definition) is 20. The fourth-order valence-corrected chi connectivity index (χ4v) is 16.0. The molecule has 0 spiro atoms. The van der Waals surface area contributed by atoms with Crippen molar-refractivity contribution in [2.75, 3.05) is 67.2 Å². The number of carbonyl (C=O) groups is 4. The highest BCUT2D eigenvalue weighted by Gasteiger charge is 2.50. The van der Waals surface area contributed by atoms with Gasteiger partial charge in [0.1, 0.15) is 24.4 Å². The molecule has 2 unspecified atom stereocenters. The average molecular weight is 1380 g/mol. The van der Waals surface area contributed by atoms with E-state index >= 15 is 0 Å². The molecular weight excluding hydrogens is 1270 g/mol. The summed E-state index contributed by atoms with van der Waals surface area (Å²) >= 11 is 3.33. The van der Waals surface area contributed by atoms with Crippen molar-refractivity contribution in [3.8, 4) is 0 Å². The van der Waals surface area contributed by atoms with Crippen LogP contribution in [0, 0.1) is 29.6 Å². The number of aryl methyl sites for hydroxylation is 2. The normalized spacial score (nSPS) is 27.9. The second-order valence-corrected chi connectivity index (χ2v) is 27.6. The Hall–Kier alpha value is -5.27. The van der Waals surface area contributed by atoms with E-state index in [1.807, 2.05) is 118 Å². The molecule has 4 saturated heterocycles. The lowest BCUT2D eigenvalue weighted by atomic mass is 9.89. The van der Waals surface area contributed by atoms with Crippen molar-refractivity contribution in [3.05, 3.63) is 160 Å². The van der Waals surface area contributed by atoms with Crippen LogP contribution in [0.4, 0.5) is 0 Å². The second-order valence-electron chi connectivity index (χ2n) is 25.5. The van der Waals surface area contributed by atoms with Crippen LogP contribution in [-0.4, -0.2) is 194 Å². The molecule has 18 nitrogen and oxygen atoms in total. The molecule has 4 N–H and O–H groups in total. The number of aliphatic hydroxyl groups excluding tert-OH is 4. The van der Waals surface area contributed by atoms with Gasteiger partial charge in [0.15, 0.2) is 23.1 Å². The Morgan fingerprint density at radius 1 is 0.474 bits per heavy atom. The van der Waals surface area contributed by atoms with Crippen molar-refractivity contribution in [2.24, 2.45) is 34.6 Å². The zero-order valence-electron chi connectivity index (χ0n) is 57.9. The minimum atomic E-state index is -0.629. The Balaban J connectivity index is 0.000000183. The highest BCUT2D eigenvalue weighted by molar-refractivity contribution is 8.14. The number of hydrogen-bond donors (Lipinski definition) is 4. The number of aliphatic imine (C=N–C) groups is 1. The fraction of sp³-hybridized carbons (Fsp3) is 0.584. The Kier molecular flexibility index (Phi) is 34.3. The van der Waals surface area contributed by atoms with E-state index in [1.54, 1.807) is 57.7 Å². The van der Waals surface area contributed by atoms with Gasteiger partial charge in [0, 0.05) is 114 Å². The van der Waals surface area contributed by atoms with Crippen molar-refractivity contribution < 1.29 is 77.5 Å². The van der Waals surface area contributed by atoms with Crippen molar-refractivity contribution in [3.63, 3.8) is 0 Å². The first-order chi connectivity index (χ1) is 47.3. The summed E-state index contributed by atoms with van der Waals surface area (Å²) in [4.78, 5) is 60.2. The van der Waals surface area contributed by atoms with Crippen LogP contribution in [0.25, 0.3) is 0 Å². The zero-order valence-corrected chi connectivity index (χ0v) is 59.6. The zero-order chi connectivity index (χ0) is 69.6. The summed E-state index contributed by atoms with van der Waals surface area (Å²) in [6.07, 6.45) is 6.13. The molecule has 97 heavy (non-hydrogen) atoms. The molecule has 0 radical (unpaired) electrons. The lowest BCUT2D eigenvalue weighted by molar-refractivity contribution is -0.135. The van der Waals surface area contributed by atoms with Crippen LogP contribution >= 0.6 is 23.1 Å². The van der Waals surface area contributed by atoms with Gasteiger partial charge in [-0.25, -0.2) is 4.98 Å². The smallest absolute Gasteiger partial charge is 0.164 e. The highest BCUT2D eigenvalue weighted by atomic mass is 32.2. The second kappa shape index (κ2) is 42.1. The van der Waals surface area contributed by atoms with Crippen LogP contribution in [-0.2, 0) is 82.8 Å². The number of aromatic nitrogens is 1. The van der Waals surface area contributed by atoms with E-state index in [-0.39, 0.29) is 128 Å². The van der Waals surface area contributed by atoms with Gasteiger partial charge in [0.25, 0.3) is 0 Å². The van der Waals surface area contributed by atoms with Gasteiger partial charge in [0.05, 0.1) is 85.3 Å². The summed E-state index contributed by atoms with van der Waals surface area (Å²) in [5.74, 6) is 0.720. The van der Waals surface area contributed by atoms with Crippen LogP contribution in [0.2, 0.25) is 0 Å². The number of nitrogens with zero attached hydrogens (tertiary/aromatic N) is 2. The third-order valence-electron chi connectivity index (χ3n) is 19.4. The number of ether oxygens (including phenoxy) is 8. The first kappa shape index (κ1) is 79.1. The highest BCUT2D eigenvalue weighted by Crippen LogP contribution is 2.38. The van der Waals surface area contributed by atoms with E-state index in [0.29, 0.717) is 32.1 Å². The molecule has 6 heterocycles. The quantitative estimate of drug-likeness (QED) is 0.0305. The van der Waals surface area contributed by atoms with Crippen molar-refractivity contribution in [1.29, 1.82) is 0 Å². The minimum Gasteiger partial charge on any atom is -0.396 e. The molecule has 5 aromatic rings. The van der Waals surface area contributed by atoms with E-state index in [0.717, 1.165) is 79.3 Å². The largest absolute Gasteiger partial charge is 0.396 e. The van der Waals surface area contributed by atoms with Crippen molar-refractivity contribution in [2.45, 2.75) is 190 Å². The summed E-state index contributed by atoms with van der Waals surface area (Å²) in [6, 6.07) is 40.5. The summed E-state index contributed by atoms with van der Waals surface area (Å²) in [5.41, 5.74) is 4.77. The summed E-state index contributed by atoms with van der Waals surface area (Å²) in [6.45, 7) is 8.74. The number of Topliss-reactive ketones (excluding diaryl/α,β-unsaturated/α-hetero) is 4. The molecule has 532 valence electrons. The van der Waals surface area contributed by atoms with E-state index in [9.17, 15) is 39.6 Å². The first-order valence-corrected chi connectivity index (χ1v) is 36.6. The van der Waals surface area contributed by atoms with E-state index in [1.165, 1.54) is 16.7 Å². The third-order valence-corrected chi connectivity index (χ3v) is 21.5. The molecule has 1 aromatic heterocycles. The standard InChI is InChI=1S/C21H29NO4S.C21H27NO4S.C18H26O4.C17H24O4/c2*1-3-18-16(13-23)19(25-2)20(26-18)17(24)12-15(21-22-9-10-27-21)11-14-7-5-4-6-8-14;1-3-16-14(12-19)17(21-2)18(22-16)15(20)11-7-10-13-8-5-4-6-9-13;1-3-15-13(11-18)16(20-2)17(21-15)14(19)10-9-12-7-5-4-6-8-12/h4-8,15-16,18-20,23H,3,9-13H2,1-2H3;4-10,15-16,18-20,23H,3,11-13H2,1-2H3;4-6,8-9,14,16-19H,3,7,10-12H2,1-2H3;4-8,13,15-18H,3,9-11H2,1-2H3/t15-,16-,18-,19+,20+;15-,16-,18-,19+,20-;14-,16-,17+,18?;13-,15-,16+,17?/m1111/s1. The van der Waals surface area contributed by atoms with Gasteiger partial charge < -0.3 is 58.3 Å². The monoisotopic (exact) mass is 1380 g/mol. The molecule has 10 rings (SSSR count). The molecular formula is C77H106N2O16S2. The number of aliphatic hydroxyl groups is 4. The van der Waals surface area contributed by atoms with Gasteiger partial charge in [-0.05, 0) is 80.0 Å². The number of carbonyl (C=O) groups excluding carboxylic acids is 4. The van der Waals surface area contributed by atoms with Gasteiger partial charge in [-0.15, -0.1) is 23.1 Å². The maximum Gasteiger partial charge on any atom is 0.164 e. The summed E-state index contributed by atoms with van der Waals surface area (Å²) in [5, 5.41) is 42.4. The number of rotatable bonds is 33. The van der Waals surface area contributed by atoms with Gasteiger partial charge in [-0.2, -0.15) is 0 Å². The van der Waals surface area contributed by atoms with Gasteiger partial charge >= 0.3 is 0 Å². The van der Waals surface area contributed by atoms with Crippen molar-refractivity contribution in [1.82, 2.24) is 4.98 Å². The number of thiazole rings is 1. The Labute approximate surface area is 583 Å². The van der Waals surface area contributed by atoms with Gasteiger partial charge in [-0.1, -0.05) is 149 Å². The minimum absolute atomic E-state index is 0.00857. The SMILES string of the molecule is CC[C@H]1OC(C(=O)CCCc2ccccc2)[C@@H](OC)[C@@H]1CO.CC[C@H]1OC(C(=O)CCc2ccccc2)[C@@H](OC)[C@@H]1CO.CC[C@H]1O[C@@H](C(=O)C[C@@H](Cc2ccccc2)C2=NCCS2)[C@@H](OC)[C@@H]1CO.CC[C@H]1O[C@H](C(=O)C[C@@H](Cc2ccccc2)c2nccs2)[C@@H](OC)[C@@H]1CO. The molecule has 4 fully saturated rings. The van der Waals surface area contributed by atoms with E-state index < -0.39 is 30.5 Å². The molecule has 0 bridgehead atoms. The molecule has 0 aliphatic carbocycles. The molecule has 18 atom stereocenters. The Morgan fingerprint density at radius 3 is 1.16 bits per heavy atom. The van der Waals surface area contributed by atoms with Gasteiger partial charge in [0.2, 0.25) is 0 Å². The van der Waals surface area contributed by atoms with E-state index in [4.69, 9.17) is 37.9 Å². The van der Waals surface area contributed by atoms with Crippen LogP contribution in [0.15, 0.2) is 138 Å². The Morgan fingerprint density at radius 2 is 0.825 bits per heavy atom. The van der Waals surface area contributed by atoms with Crippen LogP contribution < -0.4 is 0 Å². The molecule has 20 heteroatoms. The van der Waals surface area contributed by atoms with Crippen LogP contribution in [0.3, 0.4) is 0 Å². The maximum absolute atomic E-state index is 13.1. The molecule has 5 aliphatic rings. The Bertz CT molecular complexity index is 3080. The topological polar surface area (TPSA) is 248 Å². The molecule has 0 amide bonds. The van der Waals surface area contributed by atoms with Crippen molar-refractivity contribution >= 4 is 51.3 Å². The van der Waals surface area contributed by atoms with Gasteiger partial charge in [-0.3, -0.25) is 24.2 Å². The summed E-state index contributed by atoms with van der Waals surface area (Å²) < 4.78 is 45.7. The number of ketones is 4. The number of thioether (sulfide) groups is 1. The van der Waals surface area contributed by atoms with Crippen LogP contribution in [0.1, 0.15) is 119 Å². The fourth-order valence-electron chi connectivity index (χ4n) is 14.3. The predicted molar refractivity (Wildman–Crippen MR) is 378 cm³/mol. The molecule has 5 aliphatic heterocycles. The number of methoxy groups -OCH3 is 4. The molecule has 4 aromatic carbocycles. The summed E-state index contributed by atoms with van der Waals surface area (Å²) in [7, 11) is 6.33. The first-order valence-electron chi connectivity index (χ1n) is 34.8. The maximum atomic E-state index is 13.1. The number of benzene rings is 4. The van der Waals surface area contributed by atoms with Crippen LogP contribution in [0.5, 0.6) is 0 Å². The van der Waals surface area contributed by atoms with E-state index in [2.05, 4.69) is 46.4 Å². The average Bonchev–Trinajstić information content (AvgIpc) is 1.64. The molecule has 0 saturated carbocycles. The lowest BCUT2D eigenvalue weighted by Gasteiger charge is -2.22.